The molecule has 0 spiro atoms. The molecule has 0 radical (unpaired) electrons. The minimum absolute atomic E-state index is 0.0254. The van der Waals surface area contributed by atoms with Gasteiger partial charge in [-0.05, 0) is 24.3 Å². The molecule has 1 saturated heterocycles. The van der Waals surface area contributed by atoms with Crippen LogP contribution >= 0.6 is 0 Å². The van der Waals surface area contributed by atoms with E-state index in [1.165, 1.54) is 7.11 Å². The van der Waals surface area contributed by atoms with Crippen molar-refractivity contribution < 1.29 is 13.9 Å². The van der Waals surface area contributed by atoms with Gasteiger partial charge in [-0.2, -0.15) is 0 Å². The van der Waals surface area contributed by atoms with Crippen molar-refractivity contribution in [3.63, 3.8) is 0 Å². The summed E-state index contributed by atoms with van der Waals surface area (Å²) in [6, 6.07) is 7.37. The quantitative estimate of drug-likeness (QED) is 0.859. The first kappa shape index (κ1) is 14.6. The van der Waals surface area contributed by atoms with E-state index in [0.29, 0.717) is 24.5 Å². The van der Waals surface area contributed by atoms with Crippen LogP contribution in [0.25, 0.3) is 0 Å². The summed E-state index contributed by atoms with van der Waals surface area (Å²) in [5.74, 6) is 1.31. The number of amides is 1. The highest BCUT2D eigenvalue weighted by atomic mass is 16.5. The summed E-state index contributed by atoms with van der Waals surface area (Å²) < 4.78 is 10.5. The van der Waals surface area contributed by atoms with Crippen LogP contribution in [-0.2, 0) is 6.54 Å². The Morgan fingerprint density at radius 3 is 2.77 bits per heavy atom. The van der Waals surface area contributed by atoms with Crippen LogP contribution in [0.15, 0.2) is 41.1 Å². The molecule has 116 valence electrons. The number of rotatable bonds is 4. The Morgan fingerprint density at radius 1 is 1.27 bits per heavy atom. The lowest BCUT2D eigenvalue weighted by Crippen LogP contribution is -2.48. The molecule has 22 heavy (non-hydrogen) atoms. The number of ether oxygens (including phenoxy) is 1. The number of carbonyl (C=O) groups is 1. The molecule has 0 N–H and O–H groups in total. The van der Waals surface area contributed by atoms with E-state index in [1.807, 2.05) is 17.0 Å². The maximum absolute atomic E-state index is 12.6. The predicted molar refractivity (Wildman–Crippen MR) is 80.7 cm³/mol. The summed E-state index contributed by atoms with van der Waals surface area (Å²) in [5, 5.41) is 0. The van der Waals surface area contributed by atoms with Crippen LogP contribution in [0.5, 0.6) is 5.88 Å². The molecule has 1 amide bonds. The number of nitrogens with zero attached hydrogens (tertiary/aromatic N) is 3. The minimum Gasteiger partial charge on any atom is -0.480 e. The molecule has 6 heteroatoms. The number of pyridine rings is 1. The zero-order valence-electron chi connectivity index (χ0n) is 12.6. The van der Waals surface area contributed by atoms with Gasteiger partial charge < -0.3 is 14.1 Å². The third-order valence-electron chi connectivity index (χ3n) is 3.81. The zero-order valence-corrected chi connectivity index (χ0v) is 12.6. The summed E-state index contributed by atoms with van der Waals surface area (Å²) in [6.45, 7) is 3.82. The van der Waals surface area contributed by atoms with Gasteiger partial charge in [0.2, 0.25) is 5.88 Å². The van der Waals surface area contributed by atoms with E-state index in [4.69, 9.17) is 9.15 Å². The molecule has 0 aliphatic carbocycles. The Kier molecular flexibility index (Phi) is 4.39. The van der Waals surface area contributed by atoms with E-state index in [0.717, 1.165) is 25.4 Å². The molecule has 0 atom stereocenters. The van der Waals surface area contributed by atoms with Crippen molar-refractivity contribution in [1.29, 1.82) is 0 Å². The molecule has 0 aromatic carbocycles. The van der Waals surface area contributed by atoms with E-state index < -0.39 is 0 Å². The van der Waals surface area contributed by atoms with Crippen LogP contribution in [0.2, 0.25) is 0 Å². The summed E-state index contributed by atoms with van der Waals surface area (Å²) in [6.07, 6.45) is 3.31. The van der Waals surface area contributed by atoms with E-state index >= 15 is 0 Å². The molecule has 2 aromatic heterocycles. The predicted octanol–water partition coefficient (Wildman–Crippen LogP) is 1.64. The largest absolute Gasteiger partial charge is 0.480 e. The van der Waals surface area contributed by atoms with Crippen LogP contribution in [0.4, 0.5) is 0 Å². The molecule has 0 saturated carbocycles. The van der Waals surface area contributed by atoms with Crippen molar-refractivity contribution in [3.05, 3.63) is 48.0 Å². The molecule has 1 fully saturated rings. The molecule has 0 unspecified atom stereocenters. The van der Waals surface area contributed by atoms with Crippen LogP contribution in [0.1, 0.15) is 16.1 Å². The maximum atomic E-state index is 12.6. The molecule has 0 bridgehead atoms. The van der Waals surface area contributed by atoms with Crippen molar-refractivity contribution in [2.75, 3.05) is 33.3 Å². The fourth-order valence-electron chi connectivity index (χ4n) is 2.62. The monoisotopic (exact) mass is 301 g/mol. The average Bonchev–Trinajstić information content (AvgIpc) is 3.08. The summed E-state index contributed by atoms with van der Waals surface area (Å²) in [7, 11) is 1.53. The third kappa shape index (κ3) is 3.12. The van der Waals surface area contributed by atoms with Gasteiger partial charge in [-0.1, -0.05) is 0 Å². The highest BCUT2D eigenvalue weighted by Crippen LogP contribution is 2.18. The van der Waals surface area contributed by atoms with E-state index in [9.17, 15) is 4.79 Å². The molecular formula is C16H19N3O3. The van der Waals surface area contributed by atoms with Crippen molar-refractivity contribution in [2.24, 2.45) is 0 Å². The van der Waals surface area contributed by atoms with Crippen LogP contribution in [-0.4, -0.2) is 54.0 Å². The first-order valence-electron chi connectivity index (χ1n) is 7.31. The lowest BCUT2D eigenvalue weighted by molar-refractivity contribution is 0.0616. The average molecular weight is 301 g/mol. The van der Waals surface area contributed by atoms with Crippen molar-refractivity contribution in [1.82, 2.24) is 14.8 Å². The van der Waals surface area contributed by atoms with E-state index in [-0.39, 0.29) is 5.91 Å². The molecule has 3 rings (SSSR count). The number of hydrogen-bond acceptors (Lipinski definition) is 5. The van der Waals surface area contributed by atoms with Gasteiger partial charge in [0.15, 0.2) is 0 Å². The lowest BCUT2D eigenvalue weighted by Gasteiger charge is -2.34. The fraction of sp³-hybridized carbons (Fsp3) is 0.375. The first-order chi connectivity index (χ1) is 10.8. The van der Waals surface area contributed by atoms with Gasteiger partial charge in [0.25, 0.3) is 5.91 Å². The summed E-state index contributed by atoms with van der Waals surface area (Å²) in [5.41, 5.74) is 0.518. The number of piperazine rings is 1. The molecular weight excluding hydrogens is 282 g/mol. The second-order valence-corrected chi connectivity index (χ2v) is 5.21. The van der Waals surface area contributed by atoms with Crippen molar-refractivity contribution >= 4 is 5.91 Å². The zero-order chi connectivity index (χ0) is 15.4. The molecule has 1 aliphatic heterocycles. The third-order valence-corrected chi connectivity index (χ3v) is 3.81. The Bertz CT molecular complexity index is 619. The Labute approximate surface area is 129 Å². The molecule has 1 aliphatic rings. The van der Waals surface area contributed by atoms with Gasteiger partial charge in [0.05, 0.1) is 19.9 Å². The number of hydrogen-bond donors (Lipinski definition) is 0. The van der Waals surface area contributed by atoms with Crippen LogP contribution < -0.4 is 4.74 Å². The van der Waals surface area contributed by atoms with E-state index in [1.54, 1.807) is 24.6 Å². The summed E-state index contributed by atoms with van der Waals surface area (Å²) in [4.78, 5) is 20.8. The first-order valence-corrected chi connectivity index (χ1v) is 7.31. The highest BCUT2D eigenvalue weighted by Gasteiger charge is 2.24. The summed E-state index contributed by atoms with van der Waals surface area (Å²) >= 11 is 0. The normalized spacial score (nSPS) is 15.8. The molecule has 6 nitrogen and oxygen atoms in total. The van der Waals surface area contributed by atoms with Crippen molar-refractivity contribution in [2.45, 2.75) is 6.54 Å². The molecule has 3 heterocycles. The van der Waals surface area contributed by atoms with Crippen LogP contribution in [0, 0.1) is 0 Å². The SMILES string of the molecule is COc1ncccc1C(=O)N1CCN(Cc2ccco2)CC1. The van der Waals surface area contributed by atoms with E-state index in [2.05, 4.69) is 9.88 Å². The Morgan fingerprint density at radius 2 is 2.09 bits per heavy atom. The van der Waals surface area contributed by atoms with Gasteiger partial charge in [-0.25, -0.2) is 4.98 Å². The Balaban J connectivity index is 1.60. The van der Waals surface area contributed by atoms with Gasteiger partial charge >= 0.3 is 0 Å². The lowest BCUT2D eigenvalue weighted by atomic mass is 10.2. The fourth-order valence-corrected chi connectivity index (χ4v) is 2.62. The standard InChI is InChI=1S/C16H19N3O3/c1-21-15-14(5-2-6-17-15)16(20)19-9-7-18(8-10-19)12-13-4-3-11-22-13/h2-6,11H,7-10,12H2,1H3. The van der Waals surface area contributed by atoms with Gasteiger partial charge in [-0.3, -0.25) is 9.69 Å². The van der Waals surface area contributed by atoms with Gasteiger partial charge in [0.1, 0.15) is 11.3 Å². The highest BCUT2D eigenvalue weighted by molar-refractivity contribution is 5.96. The minimum atomic E-state index is -0.0254. The van der Waals surface area contributed by atoms with Gasteiger partial charge in [0, 0.05) is 32.4 Å². The smallest absolute Gasteiger partial charge is 0.259 e. The van der Waals surface area contributed by atoms with Crippen LogP contribution in [0.3, 0.4) is 0 Å². The second kappa shape index (κ2) is 6.62. The van der Waals surface area contributed by atoms with Crippen molar-refractivity contribution in [3.8, 4) is 5.88 Å². The second-order valence-electron chi connectivity index (χ2n) is 5.21. The topological polar surface area (TPSA) is 58.8 Å². The number of furan rings is 1. The Hall–Kier alpha value is -2.34. The van der Waals surface area contributed by atoms with Gasteiger partial charge in [-0.15, -0.1) is 0 Å². The molecule has 2 aromatic rings. The number of methoxy groups -OCH3 is 1. The number of carbonyl (C=O) groups excluding carboxylic acids is 1. The number of aromatic nitrogens is 1. The maximum Gasteiger partial charge on any atom is 0.259 e.